The quantitative estimate of drug-likeness (QED) is 0.834. The monoisotopic (exact) mass is 289 g/mol. The van der Waals surface area contributed by atoms with Crippen molar-refractivity contribution in [1.82, 2.24) is 4.90 Å². The van der Waals surface area contributed by atoms with E-state index in [4.69, 9.17) is 4.74 Å². The average molecular weight is 289 g/mol. The Kier molecular flexibility index (Phi) is 5.78. The molecular formula is C17H23NO3. The predicted octanol–water partition coefficient (Wildman–Crippen LogP) is 3.40. The number of benzene rings is 1. The molecule has 0 N–H and O–H groups in total. The summed E-state index contributed by atoms with van der Waals surface area (Å²) in [7, 11) is 0. The summed E-state index contributed by atoms with van der Waals surface area (Å²) in [5.41, 5.74) is 0.974. The highest BCUT2D eigenvalue weighted by Crippen LogP contribution is 2.19. The molecule has 1 amide bonds. The number of ketones is 1. The zero-order valence-corrected chi connectivity index (χ0v) is 12.6. The van der Waals surface area contributed by atoms with Gasteiger partial charge in [-0.3, -0.25) is 4.79 Å². The third-order valence-corrected chi connectivity index (χ3v) is 3.89. The van der Waals surface area contributed by atoms with Crippen LogP contribution in [0.2, 0.25) is 0 Å². The van der Waals surface area contributed by atoms with Crippen LogP contribution in [0.25, 0.3) is 0 Å². The Balaban J connectivity index is 1.83. The lowest BCUT2D eigenvalue weighted by molar-refractivity contribution is -0.126. The standard InChI is InChI=1S/C17H23NO3/c1-2-3-9-15-12-18(11-10-16(15)19)17(20)21-13-14-7-5-4-6-8-14/h4-8,15H,2-3,9-13H2,1H3. The number of rotatable bonds is 5. The summed E-state index contributed by atoms with van der Waals surface area (Å²) in [6.07, 6.45) is 3.12. The first-order valence-electron chi connectivity index (χ1n) is 7.69. The van der Waals surface area contributed by atoms with Crippen molar-refractivity contribution in [2.24, 2.45) is 5.92 Å². The van der Waals surface area contributed by atoms with Crippen molar-refractivity contribution in [1.29, 1.82) is 0 Å². The summed E-state index contributed by atoms with van der Waals surface area (Å²) in [5, 5.41) is 0. The van der Waals surface area contributed by atoms with Gasteiger partial charge in [-0.1, -0.05) is 50.1 Å². The summed E-state index contributed by atoms with van der Waals surface area (Å²) in [5.74, 6) is 0.276. The van der Waals surface area contributed by atoms with Crippen LogP contribution in [0.15, 0.2) is 30.3 Å². The number of carbonyl (C=O) groups excluding carboxylic acids is 2. The average Bonchev–Trinajstić information content (AvgIpc) is 2.53. The Morgan fingerprint density at radius 3 is 2.81 bits per heavy atom. The lowest BCUT2D eigenvalue weighted by Gasteiger charge is -2.31. The first kappa shape index (κ1) is 15.5. The summed E-state index contributed by atoms with van der Waals surface area (Å²) in [6, 6.07) is 9.63. The Morgan fingerprint density at radius 2 is 2.10 bits per heavy atom. The molecule has 1 aliphatic rings. The molecule has 1 unspecified atom stereocenters. The number of nitrogens with zero attached hydrogens (tertiary/aromatic N) is 1. The SMILES string of the molecule is CCCCC1CN(C(=O)OCc2ccccc2)CCC1=O. The van der Waals surface area contributed by atoms with E-state index in [0.717, 1.165) is 24.8 Å². The van der Waals surface area contributed by atoms with Crippen molar-refractivity contribution >= 4 is 11.9 Å². The van der Waals surface area contributed by atoms with Crippen LogP contribution in [0.1, 0.15) is 38.2 Å². The Labute approximate surface area is 126 Å². The largest absolute Gasteiger partial charge is 0.445 e. The minimum Gasteiger partial charge on any atom is -0.445 e. The molecule has 1 heterocycles. The third kappa shape index (κ3) is 4.59. The van der Waals surface area contributed by atoms with Crippen LogP contribution in [0.3, 0.4) is 0 Å². The topological polar surface area (TPSA) is 46.6 Å². The van der Waals surface area contributed by atoms with Crippen LogP contribution in [-0.2, 0) is 16.1 Å². The van der Waals surface area contributed by atoms with Gasteiger partial charge in [0.25, 0.3) is 0 Å². The number of unbranched alkanes of at least 4 members (excludes halogenated alkanes) is 1. The third-order valence-electron chi connectivity index (χ3n) is 3.89. The number of carbonyl (C=O) groups is 2. The smallest absolute Gasteiger partial charge is 0.410 e. The molecule has 114 valence electrons. The molecule has 0 aliphatic carbocycles. The summed E-state index contributed by atoms with van der Waals surface area (Å²) in [4.78, 5) is 25.6. The molecule has 1 aliphatic heterocycles. The number of ether oxygens (including phenoxy) is 1. The second kappa shape index (κ2) is 7.81. The van der Waals surface area contributed by atoms with Gasteiger partial charge < -0.3 is 9.64 Å². The maximum Gasteiger partial charge on any atom is 0.410 e. The number of piperidine rings is 1. The van der Waals surface area contributed by atoms with Gasteiger partial charge in [0.15, 0.2) is 0 Å². The highest BCUT2D eigenvalue weighted by molar-refractivity contribution is 5.83. The van der Waals surface area contributed by atoms with E-state index in [0.29, 0.717) is 19.5 Å². The lowest BCUT2D eigenvalue weighted by Crippen LogP contribution is -2.44. The highest BCUT2D eigenvalue weighted by Gasteiger charge is 2.29. The molecular weight excluding hydrogens is 266 g/mol. The van der Waals surface area contributed by atoms with Crippen LogP contribution in [-0.4, -0.2) is 29.9 Å². The molecule has 1 aromatic carbocycles. The predicted molar refractivity (Wildman–Crippen MR) is 80.8 cm³/mol. The molecule has 1 aromatic rings. The summed E-state index contributed by atoms with van der Waals surface area (Å²) in [6.45, 7) is 3.38. The van der Waals surface area contributed by atoms with E-state index < -0.39 is 0 Å². The molecule has 4 heteroatoms. The zero-order valence-electron chi connectivity index (χ0n) is 12.6. The molecule has 1 saturated heterocycles. The van der Waals surface area contributed by atoms with E-state index in [1.54, 1.807) is 4.90 Å². The van der Waals surface area contributed by atoms with Gasteiger partial charge in [-0.25, -0.2) is 4.79 Å². The van der Waals surface area contributed by atoms with E-state index >= 15 is 0 Å². The maximum absolute atomic E-state index is 12.1. The molecule has 1 fully saturated rings. The number of amides is 1. The number of Topliss-reactive ketones (excluding diaryl/α,β-unsaturated/α-hetero) is 1. The van der Waals surface area contributed by atoms with Crippen LogP contribution < -0.4 is 0 Å². The van der Waals surface area contributed by atoms with E-state index in [-0.39, 0.29) is 24.4 Å². The normalized spacial score (nSPS) is 18.6. The molecule has 0 radical (unpaired) electrons. The second-order valence-electron chi connectivity index (χ2n) is 5.54. The van der Waals surface area contributed by atoms with Crippen molar-refractivity contribution in [3.05, 3.63) is 35.9 Å². The van der Waals surface area contributed by atoms with Crippen molar-refractivity contribution < 1.29 is 14.3 Å². The molecule has 21 heavy (non-hydrogen) atoms. The Bertz CT molecular complexity index is 472. The first-order valence-corrected chi connectivity index (χ1v) is 7.69. The van der Waals surface area contributed by atoms with Gasteiger partial charge >= 0.3 is 6.09 Å². The molecule has 2 rings (SSSR count). The summed E-state index contributed by atoms with van der Waals surface area (Å²) >= 11 is 0. The van der Waals surface area contributed by atoms with Gasteiger partial charge in [-0.2, -0.15) is 0 Å². The van der Waals surface area contributed by atoms with Crippen LogP contribution in [0.4, 0.5) is 4.79 Å². The van der Waals surface area contributed by atoms with E-state index in [9.17, 15) is 9.59 Å². The Hall–Kier alpha value is -1.84. The van der Waals surface area contributed by atoms with Gasteiger partial charge in [0.05, 0.1) is 0 Å². The summed E-state index contributed by atoms with van der Waals surface area (Å²) < 4.78 is 5.33. The molecule has 4 nitrogen and oxygen atoms in total. The second-order valence-corrected chi connectivity index (χ2v) is 5.54. The van der Waals surface area contributed by atoms with Gasteiger partial charge in [0.1, 0.15) is 12.4 Å². The first-order chi connectivity index (χ1) is 10.2. The number of hydrogen-bond acceptors (Lipinski definition) is 3. The molecule has 0 spiro atoms. The van der Waals surface area contributed by atoms with Crippen LogP contribution >= 0.6 is 0 Å². The van der Waals surface area contributed by atoms with Gasteiger partial charge in [-0.15, -0.1) is 0 Å². The molecule has 0 aromatic heterocycles. The molecule has 1 atom stereocenters. The van der Waals surface area contributed by atoms with E-state index in [1.165, 1.54) is 0 Å². The fraction of sp³-hybridized carbons (Fsp3) is 0.529. The Morgan fingerprint density at radius 1 is 1.33 bits per heavy atom. The van der Waals surface area contributed by atoms with Crippen molar-refractivity contribution in [3.8, 4) is 0 Å². The maximum atomic E-state index is 12.1. The van der Waals surface area contributed by atoms with E-state index in [2.05, 4.69) is 6.92 Å². The fourth-order valence-corrected chi connectivity index (χ4v) is 2.59. The van der Waals surface area contributed by atoms with Crippen LogP contribution in [0.5, 0.6) is 0 Å². The van der Waals surface area contributed by atoms with Gasteiger partial charge in [-0.05, 0) is 12.0 Å². The van der Waals surface area contributed by atoms with Gasteiger partial charge in [0.2, 0.25) is 0 Å². The lowest BCUT2D eigenvalue weighted by atomic mass is 9.92. The minimum atomic E-state index is -0.312. The van der Waals surface area contributed by atoms with Gasteiger partial charge in [0, 0.05) is 25.4 Å². The molecule has 0 bridgehead atoms. The van der Waals surface area contributed by atoms with Crippen LogP contribution in [0, 0.1) is 5.92 Å². The van der Waals surface area contributed by atoms with E-state index in [1.807, 2.05) is 30.3 Å². The molecule has 0 saturated carbocycles. The van der Waals surface area contributed by atoms with Crippen molar-refractivity contribution in [2.75, 3.05) is 13.1 Å². The zero-order chi connectivity index (χ0) is 15.1. The van der Waals surface area contributed by atoms with Crippen molar-refractivity contribution in [3.63, 3.8) is 0 Å². The fourth-order valence-electron chi connectivity index (χ4n) is 2.59. The minimum absolute atomic E-state index is 0.0111. The van der Waals surface area contributed by atoms with Crippen molar-refractivity contribution in [2.45, 2.75) is 39.2 Å². The number of likely N-dealkylation sites (tertiary alicyclic amines) is 1. The highest BCUT2D eigenvalue weighted by atomic mass is 16.6. The number of hydrogen-bond donors (Lipinski definition) is 0.